The van der Waals surface area contributed by atoms with Crippen LogP contribution in [0.3, 0.4) is 0 Å². The van der Waals surface area contributed by atoms with Gasteiger partial charge in [0.1, 0.15) is 0 Å². The van der Waals surface area contributed by atoms with Crippen molar-refractivity contribution in [2.75, 3.05) is 0 Å². The maximum absolute atomic E-state index is 12.1. The monoisotopic (exact) mass is 359 g/mol. The molecular formula is C13H15Br2NO. The number of halogens is 2. The summed E-state index contributed by atoms with van der Waals surface area (Å²) in [5.41, 5.74) is 0.694. The molecule has 0 aliphatic heterocycles. The average Bonchev–Trinajstić information content (AvgIpc) is 2.13. The standard InChI is InChI=1S/C13H15Br2NO/c1-8(9-3-2-4-9)16-13(17)11-6-5-10(14)7-12(11)15/h5-9H,2-4H2,1H3,(H,16,17). The van der Waals surface area contributed by atoms with Gasteiger partial charge in [0.25, 0.3) is 5.91 Å². The first-order valence-electron chi connectivity index (χ1n) is 5.84. The summed E-state index contributed by atoms with van der Waals surface area (Å²) in [6.07, 6.45) is 3.78. The molecule has 0 aromatic heterocycles. The fourth-order valence-electron chi connectivity index (χ4n) is 2.02. The van der Waals surface area contributed by atoms with Crippen LogP contribution in [0.15, 0.2) is 27.1 Å². The molecule has 17 heavy (non-hydrogen) atoms. The van der Waals surface area contributed by atoms with Crippen molar-refractivity contribution in [3.05, 3.63) is 32.7 Å². The average molecular weight is 361 g/mol. The van der Waals surface area contributed by atoms with E-state index >= 15 is 0 Å². The molecule has 4 heteroatoms. The predicted octanol–water partition coefficient (Wildman–Crippen LogP) is 4.13. The molecule has 92 valence electrons. The normalized spacial score (nSPS) is 17.4. The van der Waals surface area contributed by atoms with E-state index in [-0.39, 0.29) is 11.9 Å². The zero-order valence-electron chi connectivity index (χ0n) is 9.67. The Labute approximate surface area is 118 Å². The lowest BCUT2D eigenvalue weighted by Crippen LogP contribution is -2.40. The zero-order chi connectivity index (χ0) is 12.4. The van der Waals surface area contributed by atoms with E-state index in [1.54, 1.807) is 0 Å². The molecule has 0 saturated heterocycles. The molecule has 1 aliphatic carbocycles. The maximum atomic E-state index is 12.1. The lowest BCUT2D eigenvalue weighted by molar-refractivity contribution is 0.0908. The molecule has 1 atom stereocenters. The topological polar surface area (TPSA) is 29.1 Å². The molecule has 0 bridgehead atoms. The molecule has 0 heterocycles. The number of rotatable bonds is 3. The number of carbonyl (C=O) groups is 1. The van der Waals surface area contributed by atoms with Crippen LogP contribution in [0, 0.1) is 5.92 Å². The first kappa shape index (κ1) is 13.1. The Morgan fingerprint density at radius 2 is 2.12 bits per heavy atom. The van der Waals surface area contributed by atoms with Crippen molar-refractivity contribution in [1.29, 1.82) is 0 Å². The molecule has 1 fully saturated rings. The minimum atomic E-state index is 0.00350. The highest BCUT2D eigenvalue weighted by atomic mass is 79.9. The van der Waals surface area contributed by atoms with Crippen molar-refractivity contribution in [2.45, 2.75) is 32.2 Å². The van der Waals surface area contributed by atoms with Gasteiger partial charge in [0, 0.05) is 15.0 Å². The third kappa shape index (κ3) is 3.10. The Bertz CT molecular complexity index is 429. The fraction of sp³-hybridized carbons (Fsp3) is 0.462. The van der Waals surface area contributed by atoms with Crippen molar-refractivity contribution in [2.24, 2.45) is 5.92 Å². The van der Waals surface area contributed by atoms with Crippen molar-refractivity contribution in [3.8, 4) is 0 Å². The smallest absolute Gasteiger partial charge is 0.252 e. The van der Waals surface area contributed by atoms with E-state index in [1.807, 2.05) is 18.2 Å². The summed E-state index contributed by atoms with van der Waals surface area (Å²) < 4.78 is 1.79. The number of hydrogen-bond donors (Lipinski definition) is 1. The summed E-state index contributed by atoms with van der Waals surface area (Å²) in [6.45, 7) is 2.09. The van der Waals surface area contributed by atoms with Crippen LogP contribution < -0.4 is 5.32 Å². The number of hydrogen-bond acceptors (Lipinski definition) is 1. The third-order valence-corrected chi connectivity index (χ3v) is 4.54. The van der Waals surface area contributed by atoms with Gasteiger partial charge in [0.15, 0.2) is 0 Å². The number of carbonyl (C=O) groups excluding carboxylic acids is 1. The molecule has 1 saturated carbocycles. The van der Waals surface area contributed by atoms with Crippen LogP contribution in [0.2, 0.25) is 0 Å². The summed E-state index contributed by atoms with van der Waals surface area (Å²) in [6, 6.07) is 5.87. The molecule has 1 aromatic rings. The molecular weight excluding hydrogens is 346 g/mol. The Balaban J connectivity index is 2.03. The van der Waals surface area contributed by atoms with Gasteiger partial charge in [-0.15, -0.1) is 0 Å². The molecule has 1 aliphatic rings. The Morgan fingerprint density at radius 1 is 1.41 bits per heavy atom. The molecule has 1 aromatic carbocycles. The van der Waals surface area contributed by atoms with Gasteiger partial charge in [-0.05, 0) is 59.8 Å². The van der Waals surface area contributed by atoms with E-state index in [9.17, 15) is 4.79 Å². The van der Waals surface area contributed by atoms with Crippen LogP contribution in [-0.2, 0) is 0 Å². The largest absolute Gasteiger partial charge is 0.349 e. The first-order valence-corrected chi connectivity index (χ1v) is 7.42. The number of amides is 1. The quantitative estimate of drug-likeness (QED) is 0.862. The maximum Gasteiger partial charge on any atom is 0.252 e. The molecule has 1 N–H and O–H groups in total. The van der Waals surface area contributed by atoms with Crippen LogP contribution in [0.5, 0.6) is 0 Å². The highest BCUT2D eigenvalue weighted by molar-refractivity contribution is 9.11. The van der Waals surface area contributed by atoms with Crippen LogP contribution >= 0.6 is 31.9 Å². The lowest BCUT2D eigenvalue weighted by atomic mass is 9.80. The molecule has 2 rings (SSSR count). The summed E-state index contributed by atoms with van der Waals surface area (Å²) in [7, 11) is 0. The zero-order valence-corrected chi connectivity index (χ0v) is 12.8. The summed E-state index contributed by atoms with van der Waals surface area (Å²) >= 11 is 6.79. The molecule has 1 unspecified atom stereocenters. The highest BCUT2D eigenvalue weighted by Gasteiger charge is 2.25. The van der Waals surface area contributed by atoms with Crippen LogP contribution in [0.25, 0.3) is 0 Å². The second-order valence-electron chi connectivity index (χ2n) is 4.58. The van der Waals surface area contributed by atoms with Gasteiger partial charge in [-0.25, -0.2) is 0 Å². The molecule has 0 radical (unpaired) electrons. The van der Waals surface area contributed by atoms with Crippen LogP contribution in [0.4, 0.5) is 0 Å². The number of benzene rings is 1. The van der Waals surface area contributed by atoms with Crippen LogP contribution in [-0.4, -0.2) is 11.9 Å². The summed E-state index contributed by atoms with van der Waals surface area (Å²) in [5, 5.41) is 3.07. The van der Waals surface area contributed by atoms with Crippen LogP contribution in [0.1, 0.15) is 36.5 Å². The predicted molar refractivity (Wildman–Crippen MR) is 76.1 cm³/mol. The van der Waals surface area contributed by atoms with Crippen molar-refractivity contribution in [3.63, 3.8) is 0 Å². The second-order valence-corrected chi connectivity index (χ2v) is 6.35. The van der Waals surface area contributed by atoms with Crippen molar-refractivity contribution >= 4 is 37.8 Å². The molecule has 1 amide bonds. The minimum Gasteiger partial charge on any atom is -0.349 e. The Kier molecular flexibility index (Phi) is 4.26. The van der Waals surface area contributed by atoms with Gasteiger partial charge in [-0.3, -0.25) is 4.79 Å². The number of nitrogens with one attached hydrogen (secondary N) is 1. The Morgan fingerprint density at radius 3 is 2.65 bits per heavy atom. The fourth-order valence-corrected chi connectivity index (χ4v) is 3.24. The van der Waals surface area contributed by atoms with Gasteiger partial charge in [0.05, 0.1) is 5.56 Å². The van der Waals surface area contributed by atoms with E-state index < -0.39 is 0 Å². The summed E-state index contributed by atoms with van der Waals surface area (Å²) in [4.78, 5) is 12.1. The second kappa shape index (κ2) is 5.53. The molecule has 2 nitrogen and oxygen atoms in total. The first-order chi connectivity index (χ1) is 8.08. The molecule has 0 spiro atoms. The van der Waals surface area contributed by atoms with Gasteiger partial charge in [-0.1, -0.05) is 22.4 Å². The highest BCUT2D eigenvalue weighted by Crippen LogP contribution is 2.29. The van der Waals surface area contributed by atoms with E-state index in [4.69, 9.17) is 0 Å². The third-order valence-electron chi connectivity index (χ3n) is 3.39. The Hall–Kier alpha value is -0.350. The SMILES string of the molecule is CC(NC(=O)c1ccc(Br)cc1Br)C1CCC1. The lowest BCUT2D eigenvalue weighted by Gasteiger charge is -2.31. The van der Waals surface area contributed by atoms with Gasteiger partial charge in [0.2, 0.25) is 0 Å². The summed E-state index contributed by atoms with van der Waals surface area (Å²) in [5.74, 6) is 0.664. The van der Waals surface area contributed by atoms with E-state index in [0.29, 0.717) is 11.5 Å². The van der Waals surface area contributed by atoms with Gasteiger partial charge in [-0.2, -0.15) is 0 Å². The van der Waals surface area contributed by atoms with E-state index in [2.05, 4.69) is 44.1 Å². The minimum absolute atomic E-state index is 0.00350. The van der Waals surface area contributed by atoms with E-state index in [0.717, 1.165) is 8.95 Å². The van der Waals surface area contributed by atoms with Gasteiger partial charge >= 0.3 is 0 Å². The van der Waals surface area contributed by atoms with E-state index in [1.165, 1.54) is 19.3 Å². The van der Waals surface area contributed by atoms with Gasteiger partial charge < -0.3 is 5.32 Å². The van der Waals surface area contributed by atoms with Crippen molar-refractivity contribution in [1.82, 2.24) is 5.32 Å². The van der Waals surface area contributed by atoms with Crippen molar-refractivity contribution < 1.29 is 4.79 Å².